The van der Waals surface area contributed by atoms with Crippen LogP contribution in [0.5, 0.6) is 0 Å². The molecular formula is C16H21N. The first-order valence-corrected chi connectivity index (χ1v) is 6.57. The predicted octanol–water partition coefficient (Wildman–Crippen LogP) is 4.65. The molecule has 2 rings (SSSR count). The zero-order valence-electron chi connectivity index (χ0n) is 10.5. The van der Waals surface area contributed by atoms with Crippen LogP contribution in [0, 0.1) is 0 Å². The minimum Gasteiger partial charge on any atom is -0.348 e. The third-order valence-corrected chi connectivity index (χ3v) is 3.20. The van der Waals surface area contributed by atoms with E-state index >= 15 is 0 Å². The SMILES string of the molecule is CCCCC(c1ccccc1)N1C=CCC=C1. The van der Waals surface area contributed by atoms with E-state index in [-0.39, 0.29) is 0 Å². The van der Waals surface area contributed by atoms with E-state index in [1.54, 1.807) is 0 Å². The summed E-state index contributed by atoms with van der Waals surface area (Å²) < 4.78 is 0. The van der Waals surface area contributed by atoms with Gasteiger partial charge in [0.1, 0.15) is 0 Å². The second-order valence-electron chi connectivity index (χ2n) is 4.52. The molecule has 1 unspecified atom stereocenters. The third-order valence-electron chi connectivity index (χ3n) is 3.20. The fourth-order valence-electron chi connectivity index (χ4n) is 2.26. The van der Waals surface area contributed by atoms with Gasteiger partial charge in [-0.15, -0.1) is 0 Å². The van der Waals surface area contributed by atoms with Crippen LogP contribution in [0.25, 0.3) is 0 Å². The Morgan fingerprint density at radius 3 is 2.47 bits per heavy atom. The van der Waals surface area contributed by atoms with Gasteiger partial charge in [-0.1, -0.05) is 62.2 Å². The van der Waals surface area contributed by atoms with Gasteiger partial charge in [-0.05, 0) is 18.4 Å². The Labute approximate surface area is 104 Å². The highest BCUT2D eigenvalue weighted by Crippen LogP contribution is 2.28. The molecule has 0 saturated heterocycles. The van der Waals surface area contributed by atoms with E-state index in [0.717, 1.165) is 6.42 Å². The van der Waals surface area contributed by atoms with E-state index in [2.05, 4.69) is 66.7 Å². The Bertz CT molecular complexity index is 366. The highest BCUT2D eigenvalue weighted by atomic mass is 15.1. The summed E-state index contributed by atoms with van der Waals surface area (Å²) in [5, 5.41) is 0. The second kappa shape index (κ2) is 6.29. The van der Waals surface area contributed by atoms with E-state index in [4.69, 9.17) is 0 Å². The van der Waals surface area contributed by atoms with Crippen LogP contribution in [0.15, 0.2) is 54.9 Å². The molecule has 1 aromatic carbocycles. The fraction of sp³-hybridized carbons (Fsp3) is 0.375. The van der Waals surface area contributed by atoms with Crippen molar-refractivity contribution in [1.82, 2.24) is 4.90 Å². The van der Waals surface area contributed by atoms with Gasteiger partial charge in [0.15, 0.2) is 0 Å². The highest BCUT2D eigenvalue weighted by Gasteiger charge is 2.15. The monoisotopic (exact) mass is 227 g/mol. The lowest BCUT2D eigenvalue weighted by Gasteiger charge is -2.29. The Hall–Kier alpha value is -1.50. The van der Waals surface area contributed by atoms with E-state index in [1.807, 2.05) is 0 Å². The molecule has 0 saturated carbocycles. The van der Waals surface area contributed by atoms with Gasteiger partial charge in [-0.3, -0.25) is 0 Å². The molecule has 0 aromatic heterocycles. The standard InChI is InChI=1S/C16H21N/c1-2-3-12-16(15-10-6-4-7-11-15)17-13-8-5-9-14-17/h4,6-11,13-14,16H,2-3,5,12H2,1H3. The van der Waals surface area contributed by atoms with Crippen LogP contribution in [-0.4, -0.2) is 4.90 Å². The molecule has 0 aliphatic carbocycles. The summed E-state index contributed by atoms with van der Waals surface area (Å²) in [6.07, 6.45) is 13.7. The van der Waals surface area contributed by atoms with Gasteiger partial charge in [0.2, 0.25) is 0 Å². The number of allylic oxidation sites excluding steroid dienone is 2. The van der Waals surface area contributed by atoms with E-state index in [0.29, 0.717) is 6.04 Å². The fourth-order valence-corrected chi connectivity index (χ4v) is 2.26. The molecule has 1 atom stereocenters. The van der Waals surface area contributed by atoms with Crippen molar-refractivity contribution < 1.29 is 0 Å². The summed E-state index contributed by atoms with van der Waals surface area (Å²) in [6, 6.07) is 11.3. The third kappa shape index (κ3) is 3.23. The first-order chi connectivity index (χ1) is 8.42. The first-order valence-electron chi connectivity index (χ1n) is 6.57. The van der Waals surface area contributed by atoms with Gasteiger partial charge in [0.25, 0.3) is 0 Å². The van der Waals surface area contributed by atoms with Crippen molar-refractivity contribution in [2.24, 2.45) is 0 Å². The lowest BCUT2D eigenvalue weighted by molar-refractivity contribution is 0.340. The number of unbranched alkanes of at least 4 members (excludes halogenated alkanes) is 1. The Morgan fingerprint density at radius 2 is 1.82 bits per heavy atom. The van der Waals surface area contributed by atoms with Crippen LogP contribution in [0.4, 0.5) is 0 Å². The van der Waals surface area contributed by atoms with Crippen molar-refractivity contribution in [2.75, 3.05) is 0 Å². The van der Waals surface area contributed by atoms with Gasteiger partial charge in [-0.2, -0.15) is 0 Å². The van der Waals surface area contributed by atoms with Crippen LogP contribution in [0.1, 0.15) is 44.2 Å². The van der Waals surface area contributed by atoms with Crippen LogP contribution in [0.2, 0.25) is 0 Å². The lowest BCUT2D eigenvalue weighted by Crippen LogP contribution is -2.19. The topological polar surface area (TPSA) is 3.24 Å². The number of hydrogen-bond donors (Lipinski definition) is 0. The maximum absolute atomic E-state index is 2.34. The minimum absolute atomic E-state index is 0.490. The molecule has 1 nitrogen and oxygen atoms in total. The molecule has 0 amide bonds. The Kier molecular flexibility index (Phi) is 4.43. The molecule has 90 valence electrons. The smallest absolute Gasteiger partial charge is 0.0579 e. The van der Waals surface area contributed by atoms with Gasteiger partial charge in [0, 0.05) is 12.4 Å². The Morgan fingerprint density at radius 1 is 1.12 bits per heavy atom. The van der Waals surface area contributed by atoms with Gasteiger partial charge in [0.05, 0.1) is 6.04 Å². The summed E-state index contributed by atoms with van der Waals surface area (Å²) in [5.41, 5.74) is 1.41. The van der Waals surface area contributed by atoms with E-state index < -0.39 is 0 Å². The van der Waals surface area contributed by atoms with Crippen molar-refractivity contribution in [1.29, 1.82) is 0 Å². The maximum atomic E-state index is 2.34. The summed E-state index contributed by atoms with van der Waals surface area (Å²) >= 11 is 0. The van der Waals surface area contributed by atoms with Crippen molar-refractivity contribution in [3.05, 3.63) is 60.4 Å². The molecule has 1 aromatic rings. The summed E-state index contributed by atoms with van der Waals surface area (Å²) in [6.45, 7) is 2.25. The summed E-state index contributed by atoms with van der Waals surface area (Å²) in [4.78, 5) is 2.34. The molecule has 0 spiro atoms. The quantitative estimate of drug-likeness (QED) is 0.707. The molecule has 1 aliphatic heterocycles. The number of nitrogens with zero attached hydrogens (tertiary/aromatic N) is 1. The highest BCUT2D eigenvalue weighted by molar-refractivity contribution is 5.21. The van der Waals surface area contributed by atoms with Gasteiger partial charge in [-0.25, -0.2) is 0 Å². The summed E-state index contributed by atoms with van der Waals surface area (Å²) in [7, 11) is 0. The van der Waals surface area contributed by atoms with Crippen molar-refractivity contribution >= 4 is 0 Å². The van der Waals surface area contributed by atoms with Crippen LogP contribution in [-0.2, 0) is 0 Å². The number of hydrogen-bond acceptors (Lipinski definition) is 1. The zero-order valence-corrected chi connectivity index (χ0v) is 10.5. The Balaban J connectivity index is 2.15. The molecule has 0 bridgehead atoms. The molecular weight excluding hydrogens is 206 g/mol. The number of benzene rings is 1. The van der Waals surface area contributed by atoms with E-state index in [1.165, 1.54) is 24.8 Å². The van der Waals surface area contributed by atoms with Crippen LogP contribution < -0.4 is 0 Å². The first kappa shape index (κ1) is 12.0. The zero-order chi connectivity index (χ0) is 11.9. The van der Waals surface area contributed by atoms with Crippen molar-refractivity contribution in [3.8, 4) is 0 Å². The molecule has 0 radical (unpaired) electrons. The lowest BCUT2D eigenvalue weighted by atomic mass is 9.99. The van der Waals surface area contributed by atoms with Crippen LogP contribution >= 0.6 is 0 Å². The largest absolute Gasteiger partial charge is 0.348 e. The van der Waals surface area contributed by atoms with E-state index in [9.17, 15) is 0 Å². The van der Waals surface area contributed by atoms with Crippen molar-refractivity contribution in [3.63, 3.8) is 0 Å². The average molecular weight is 227 g/mol. The predicted molar refractivity (Wildman–Crippen MR) is 73.4 cm³/mol. The molecule has 17 heavy (non-hydrogen) atoms. The molecule has 1 heteroatoms. The maximum Gasteiger partial charge on any atom is 0.0579 e. The number of rotatable bonds is 5. The molecule has 1 heterocycles. The molecule has 1 aliphatic rings. The van der Waals surface area contributed by atoms with Crippen molar-refractivity contribution in [2.45, 2.75) is 38.6 Å². The minimum atomic E-state index is 0.490. The summed E-state index contributed by atoms with van der Waals surface area (Å²) in [5.74, 6) is 0. The molecule has 0 fully saturated rings. The van der Waals surface area contributed by atoms with Gasteiger partial charge < -0.3 is 4.90 Å². The van der Waals surface area contributed by atoms with Gasteiger partial charge >= 0.3 is 0 Å². The second-order valence-corrected chi connectivity index (χ2v) is 4.52. The normalized spacial score (nSPS) is 16.2. The average Bonchev–Trinajstić information content (AvgIpc) is 2.42. The molecule has 0 N–H and O–H groups in total. The van der Waals surface area contributed by atoms with Crippen LogP contribution in [0.3, 0.4) is 0 Å².